The molecule has 226 valence electrons. The Morgan fingerprint density at radius 1 is 0.342 bits per heavy atom. The minimum absolute atomic E-state index is 0.0132. The van der Waals surface area contributed by atoms with E-state index in [2.05, 4.69) is 13.8 Å². The molecule has 0 saturated carbocycles. The topological polar surface area (TPSA) is 37.4 Å². The van der Waals surface area contributed by atoms with E-state index in [1.807, 2.05) is 0 Å². The van der Waals surface area contributed by atoms with Crippen molar-refractivity contribution >= 4 is 11.8 Å². The van der Waals surface area contributed by atoms with Gasteiger partial charge >= 0.3 is 0 Å². The first-order valence-electron chi connectivity index (χ1n) is 17.4. The smallest absolute Gasteiger partial charge is 0.228 e. The fourth-order valence-corrected chi connectivity index (χ4v) is 5.42. The number of carbonyl (C=O) groups is 2. The zero-order valence-electron chi connectivity index (χ0n) is 26.5. The van der Waals surface area contributed by atoms with Crippen LogP contribution in [0.4, 0.5) is 0 Å². The van der Waals surface area contributed by atoms with Crippen molar-refractivity contribution in [2.75, 3.05) is 7.05 Å². The molecule has 0 unspecified atom stereocenters. The third-order valence-electron chi connectivity index (χ3n) is 8.24. The van der Waals surface area contributed by atoms with E-state index in [1.165, 1.54) is 159 Å². The van der Waals surface area contributed by atoms with Crippen LogP contribution < -0.4 is 0 Å². The van der Waals surface area contributed by atoms with Crippen LogP contribution in [0, 0.1) is 0 Å². The molecule has 3 heteroatoms. The van der Waals surface area contributed by atoms with Crippen molar-refractivity contribution in [2.24, 2.45) is 0 Å². The number of hydrogen-bond donors (Lipinski definition) is 0. The van der Waals surface area contributed by atoms with Crippen LogP contribution in [0.25, 0.3) is 0 Å². The number of carbonyl (C=O) groups excluding carboxylic acids is 2. The summed E-state index contributed by atoms with van der Waals surface area (Å²) in [6, 6.07) is 0. The van der Waals surface area contributed by atoms with Gasteiger partial charge in [-0.3, -0.25) is 14.5 Å². The average Bonchev–Trinajstić information content (AvgIpc) is 2.92. The van der Waals surface area contributed by atoms with Gasteiger partial charge in [-0.1, -0.05) is 181 Å². The van der Waals surface area contributed by atoms with E-state index in [9.17, 15) is 9.59 Å². The maximum absolute atomic E-state index is 12.4. The maximum atomic E-state index is 12.4. The minimum Gasteiger partial charge on any atom is -0.286 e. The van der Waals surface area contributed by atoms with Crippen LogP contribution in [0.15, 0.2) is 0 Å². The van der Waals surface area contributed by atoms with E-state index in [1.54, 1.807) is 7.05 Å². The molecule has 0 rings (SSSR count). The Bertz CT molecular complexity index is 460. The second-order valence-corrected chi connectivity index (χ2v) is 12.0. The fourth-order valence-electron chi connectivity index (χ4n) is 5.42. The predicted octanol–water partition coefficient (Wildman–Crippen LogP) is 11.7. The van der Waals surface area contributed by atoms with Gasteiger partial charge in [-0.25, -0.2) is 0 Å². The number of unbranched alkanes of at least 4 members (excludes halogenated alkanes) is 26. The van der Waals surface area contributed by atoms with Crippen molar-refractivity contribution in [3.05, 3.63) is 0 Å². The first-order valence-corrected chi connectivity index (χ1v) is 17.4. The lowest BCUT2D eigenvalue weighted by Crippen LogP contribution is -2.32. The molecule has 38 heavy (non-hydrogen) atoms. The van der Waals surface area contributed by atoms with Gasteiger partial charge in [0.2, 0.25) is 11.8 Å². The highest BCUT2D eigenvalue weighted by molar-refractivity contribution is 5.94. The number of hydrogen-bond acceptors (Lipinski definition) is 2. The van der Waals surface area contributed by atoms with Crippen molar-refractivity contribution in [2.45, 2.75) is 206 Å². The molecule has 0 aromatic carbocycles. The van der Waals surface area contributed by atoms with Gasteiger partial charge in [0.25, 0.3) is 0 Å². The molecule has 0 aromatic heterocycles. The van der Waals surface area contributed by atoms with E-state index in [4.69, 9.17) is 0 Å². The Kier molecular flexibility index (Phi) is 30.0. The SMILES string of the molecule is CCCCCCCCCCCCCCCCC(=O)N(C)C(=O)CCCCCCCCCCCCCCCC. The highest BCUT2D eigenvalue weighted by atomic mass is 16.2. The quantitative estimate of drug-likeness (QED) is 0.0857. The van der Waals surface area contributed by atoms with Gasteiger partial charge in [-0.05, 0) is 12.8 Å². The van der Waals surface area contributed by atoms with Gasteiger partial charge in [0.05, 0.1) is 0 Å². The molecular weight excluding hydrogens is 466 g/mol. The highest BCUT2D eigenvalue weighted by Gasteiger charge is 2.15. The molecule has 0 aliphatic rings. The minimum atomic E-state index is 0.0132. The van der Waals surface area contributed by atoms with Crippen LogP contribution in [0.1, 0.15) is 206 Å². The largest absolute Gasteiger partial charge is 0.286 e. The summed E-state index contributed by atoms with van der Waals surface area (Å²) in [6.45, 7) is 4.55. The predicted molar refractivity (Wildman–Crippen MR) is 168 cm³/mol. The number of rotatable bonds is 30. The normalized spacial score (nSPS) is 11.2. The zero-order chi connectivity index (χ0) is 27.9. The molecule has 3 nitrogen and oxygen atoms in total. The van der Waals surface area contributed by atoms with Crippen molar-refractivity contribution in [1.29, 1.82) is 0 Å². The summed E-state index contributed by atoms with van der Waals surface area (Å²) in [5.41, 5.74) is 0. The Balaban J connectivity index is 3.42. The Labute approximate surface area is 239 Å². The molecule has 0 spiro atoms. The second kappa shape index (κ2) is 30.7. The summed E-state index contributed by atoms with van der Waals surface area (Å²) in [5, 5.41) is 0. The molecule has 0 aliphatic carbocycles. The van der Waals surface area contributed by atoms with Crippen LogP contribution in [-0.4, -0.2) is 23.8 Å². The van der Waals surface area contributed by atoms with Crippen molar-refractivity contribution in [3.8, 4) is 0 Å². The summed E-state index contributed by atoms with van der Waals surface area (Å²) in [6.07, 6.45) is 38.0. The van der Waals surface area contributed by atoms with Crippen molar-refractivity contribution in [1.82, 2.24) is 4.90 Å². The summed E-state index contributed by atoms with van der Waals surface area (Å²) in [4.78, 5) is 26.1. The molecule has 0 aliphatic heterocycles. The highest BCUT2D eigenvalue weighted by Crippen LogP contribution is 2.15. The van der Waals surface area contributed by atoms with E-state index in [0.29, 0.717) is 12.8 Å². The Morgan fingerprint density at radius 3 is 0.737 bits per heavy atom. The molecular formula is C35H69NO2. The van der Waals surface area contributed by atoms with Gasteiger partial charge in [0.15, 0.2) is 0 Å². The lowest BCUT2D eigenvalue weighted by molar-refractivity contribution is -0.143. The van der Waals surface area contributed by atoms with Crippen LogP contribution in [0.3, 0.4) is 0 Å². The Hall–Kier alpha value is -0.860. The first-order chi connectivity index (χ1) is 18.6. The van der Waals surface area contributed by atoms with E-state index < -0.39 is 0 Å². The maximum Gasteiger partial charge on any atom is 0.228 e. The van der Waals surface area contributed by atoms with E-state index in [-0.39, 0.29) is 11.8 Å². The lowest BCUT2D eigenvalue weighted by atomic mass is 10.0. The second-order valence-electron chi connectivity index (χ2n) is 12.0. The molecule has 0 radical (unpaired) electrons. The molecule has 0 fully saturated rings. The van der Waals surface area contributed by atoms with Crippen LogP contribution in [-0.2, 0) is 9.59 Å². The van der Waals surface area contributed by atoms with Gasteiger partial charge in [0, 0.05) is 19.9 Å². The third kappa shape index (κ3) is 26.7. The summed E-state index contributed by atoms with van der Waals surface area (Å²) >= 11 is 0. The van der Waals surface area contributed by atoms with Crippen LogP contribution in [0.2, 0.25) is 0 Å². The molecule has 0 N–H and O–H groups in total. The Morgan fingerprint density at radius 2 is 0.526 bits per heavy atom. The van der Waals surface area contributed by atoms with Gasteiger partial charge in [-0.15, -0.1) is 0 Å². The molecule has 0 bridgehead atoms. The fraction of sp³-hybridized carbons (Fsp3) is 0.943. The lowest BCUT2D eigenvalue weighted by Gasteiger charge is -2.15. The average molecular weight is 536 g/mol. The third-order valence-corrected chi connectivity index (χ3v) is 8.24. The summed E-state index contributed by atoms with van der Waals surface area (Å²) in [5.74, 6) is 0.0265. The number of imide groups is 1. The molecule has 0 aromatic rings. The van der Waals surface area contributed by atoms with E-state index >= 15 is 0 Å². The summed E-state index contributed by atoms with van der Waals surface area (Å²) < 4.78 is 0. The van der Waals surface area contributed by atoms with Crippen molar-refractivity contribution in [3.63, 3.8) is 0 Å². The molecule has 0 heterocycles. The number of amides is 2. The van der Waals surface area contributed by atoms with Gasteiger partial charge in [-0.2, -0.15) is 0 Å². The standard InChI is InChI=1S/C35H69NO2/c1-4-6-8-10-12-14-16-18-20-22-24-26-28-30-32-34(37)36(3)35(38)33-31-29-27-25-23-21-19-17-15-13-11-9-7-5-2/h4-33H2,1-3H3. The molecule has 2 amide bonds. The zero-order valence-corrected chi connectivity index (χ0v) is 26.5. The van der Waals surface area contributed by atoms with Crippen LogP contribution >= 0.6 is 0 Å². The van der Waals surface area contributed by atoms with Gasteiger partial charge < -0.3 is 0 Å². The number of nitrogens with zero attached hydrogens (tertiary/aromatic N) is 1. The molecule has 0 atom stereocenters. The first kappa shape index (κ1) is 37.1. The van der Waals surface area contributed by atoms with Crippen LogP contribution in [0.5, 0.6) is 0 Å². The van der Waals surface area contributed by atoms with Gasteiger partial charge in [0.1, 0.15) is 0 Å². The van der Waals surface area contributed by atoms with Crippen molar-refractivity contribution < 1.29 is 9.59 Å². The monoisotopic (exact) mass is 536 g/mol. The molecule has 0 saturated heterocycles. The van der Waals surface area contributed by atoms with E-state index in [0.717, 1.165) is 25.7 Å². The summed E-state index contributed by atoms with van der Waals surface area (Å²) in [7, 11) is 1.68.